The number of aliphatic hydroxyl groups is 1. The van der Waals surface area contributed by atoms with Crippen LogP contribution in [0.25, 0.3) is 0 Å². The van der Waals surface area contributed by atoms with Gasteiger partial charge in [-0.3, -0.25) is 0 Å². The largest absolute Gasteiger partial charge is 0.394 e. The van der Waals surface area contributed by atoms with E-state index in [2.05, 4.69) is 18.7 Å². The lowest BCUT2D eigenvalue weighted by molar-refractivity contribution is 0.200. The van der Waals surface area contributed by atoms with Crippen molar-refractivity contribution in [2.24, 2.45) is 11.7 Å². The summed E-state index contributed by atoms with van der Waals surface area (Å²) in [4.78, 5) is 0. The molecule has 16 heavy (non-hydrogen) atoms. The zero-order valence-electron chi connectivity index (χ0n) is 10.3. The summed E-state index contributed by atoms with van der Waals surface area (Å²) in [5, 5.41) is 10.8. The molecule has 2 aliphatic carbocycles. The molecule has 0 heterocycles. The molecular formula is C13H25NOS. The van der Waals surface area contributed by atoms with E-state index in [1.54, 1.807) is 0 Å². The monoisotopic (exact) mass is 243 g/mol. The molecular weight excluding hydrogens is 218 g/mol. The van der Waals surface area contributed by atoms with Crippen molar-refractivity contribution in [1.82, 2.24) is 0 Å². The van der Waals surface area contributed by atoms with Crippen LogP contribution in [0.5, 0.6) is 0 Å². The van der Waals surface area contributed by atoms with Crippen LogP contribution < -0.4 is 5.73 Å². The predicted molar refractivity (Wildman–Crippen MR) is 70.7 cm³/mol. The molecule has 0 saturated heterocycles. The van der Waals surface area contributed by atoms with Crippen LogP contribution in [-0.4, -0.2) is 27.8 Å². The highest BCUT2D eigenvalue weighted by Gasteiger charge is 2.36. The molecule has 4 atom stereocenters. The van der Waals surface area contributed by atoms with Gasteiger partial charge in [-0.1, -0.05) is 19.8 Å². The Morgan fingerprint density at radius 1 is 1.31 bits per heavy atom. The third kappa shape index (κ3) is 3.14. The van der Waals surface area contributed by atoms with Crippen LogP contribution in [0, 0.1) is 5.92 Å². The fourth-order valence-electron chi connectivity index (χ4n) is 3.14. The highest BCUT2D eigenvalue weighted by atomic mass is 32.2. The average Bonchev–Trinajstić information content (AvgIpc) is 2.61. The standard InChI is InChI=1S/C13H25NOS/c1-10-3-2-4-11(7-10)16-12-5-6-13(14,8-12)9-15/h10-12,15H,2-9,14H2,1H3. The minimum atomic E-state index is -0.266. The van der Waals surface area contributed by atoms with E-state index in [4.69, 9.17) is 5.73 Å². The molecule has 0 amide bonds. The lowest BCUT2D eigenvalue weighted by Gasteiger charge is -2.29. The summed E-state index contributed by atoms with van der Waals surface area (Å²) < 4.78 is 0. The van der Waals surface area contributed by atoms with Crippen molar-refractivity contribution < 1.29 is 5.11 Å². The van der Waals surface area contributed by atoms with E-state index in [1.807, 2.05) is 0 Å². The topological polar surface area (TPSA) is 46.2 Å². The summed E-state index contributed by atoms with van der Waals surface area (Å²) in [5.41, 5.74) is 5.85. The van der Waals surface area contributed by atoms with Crippen LogP contribution in [0.1, 0.15) is 51.9 Å². The normalized spacial score (nSPS) is 44.8. The number of hydrogen-bond donors (Lipinski definition) is 2. The Morgan fingerprint density at radius 2 is 2.12 bits per heavy atom. The quantitative estimate of drug-likeness (QED) is 0.801. The van der Waals surface area contributed by atoms with Gasteiger partial charge in [-0.2, -0.15) is 11.8 Å². The first kappa shape index (κ1) is 12.7. The van der Waals surface area contributed by atoms with Crippen molar-refractivity contribution >= 4 is 11.8 Å². The van der Waals surface area contributed by atoms with E-state index < -0.39 is 0 Å². The van der Waals surface area contributed by atoms with Gasteiger partial charge in [0.05, 0.1) is 6.61 Å². The summed E-state index contributed by atoms with van der Waals surface area (Å²) >= 11 is 2.16. The Bertz CT molecular complexity index is 236. The van der Waals surface area contributed by atoms with E-state index in [1.165, 1.54) is 32.1 Å². The number of hydrogen-bond acceptors (Lipinski definition) is 3. The fraction of sp³-hybridized carbons (Fsp3) is 1.00. The molecule has 2 nitrogen and oxygen atoms in total. The zero-order valence-corrected chi connectivity index (χ0v) is 11.1. The number of rotatable bonds is 3. The maximum absolute atomic E-state index is 9.26. The summed E-state index contributed by atoms with van der Waals surface area (Å²) in [6, 6.07) is 0. The van der Waals surface area contributed by atoms with Gasteiger partial charge in [0.25, 0.3) is 0 Å². The molecule has 0 radical (unpaired) electrons. The average molecular weight is 243 g/mol. The molecule has 2 rings (SSSR count). The Balaban J connectivity index is 1.78. The molecule has 0 aromatic carbocycles. The van der Waals surface area contributed by atoms with Gasteiger partial charge in [0.2, 0.25) is 0 Å². The summed E-state index contributed by atoms with van der Waals surface area (Å²) in [7, 11) is 0. The minimum Gasteiger partial charge on any atom is -0.394 e. The molecule has 0 aliphatic heterocycles. The second-order valence-electron chi connectivity index (χ2n) is 5.92. The fourth-order valence-corrected chi connectivity index (χ4v) is 5.11. The van der Waals surface area contributed by atoms with Crippen molar-refractivity contribution in [2.45, 2.75) is 67.9 Å². The van der Waals surface area contributed by atoms with E-state index in [0.717, 1.165) is 24.0 Å². The Kier molecular flexibility index (Phi) is 4.20. The van der Waals surface area contributed by atoms with Crippen molar-refractivity contribution in [2.75, 3.05) is 6.61 Å². The predicted octanol–water partition coefficient (Wildman–Crippen LogP) is 2.54. The summed E-state index contributed by atoms with van der Waals surface area (Å²) in [5.74, 6) is 0.910. The van der Waals surface area contributed by atoms with Gasteiger partial charge in [0.15, 0.2) is 0 Å². The van der Waals surface area contributed by atoms with Crippen molar-refractivity contribution in [3.63, 3.8) is 0 Å². The molecule has 2 aliphatic rings. The molecule has 2 saturated carbocycles. The molecule has 0 spiro atoms. The first-order chi connectivity index (χ1) is 7.61. The molecule has 4 unspecified atom stereocenters. The van der Waals surface area contributed by atoms with E-state index in [9.17, 15) is 5.11 Å². The molecule has 0 bridgehead atoms. The van der Waals surface area contributed by atoms with Crippen LogP contribution in [0.4, 0.5) is 0 Å². The van der Waals surface area contributed by atoms with Crippen LogP contribution in [0.15, 0.2) is 0 Å². The highest BCUT2D eigenvalue weighted by molar-refractivity contribution is 8.00. The molecule has 3 heteroatoms. The van der Waals surface area contributed by atoms with Crippen LogP contribution >= 0.6 is 11.8 Å². The Labute approximate surface area is 103 Å². The van der Waals surface area contributed by atoms with Crippen molar-refractivity contribution in [3.8, 4) is 0 Å². The Hall–Kier alpha value is 0.270. The smallest absolute Gasteiger partial charge is 0.0611 e. The first-order valence-corrected chi connectivity index (χ1v) is 7.61. The van der Waals surface area contributed by atoms with E-state index in [-0.39, 0.29) is 12.1 Å². The van der Waals surface area contributed by atoms with Gasteiger partial charge in [-0.15, -0.1) is 0 Å². The zero-order chi connectivity index (χ0) is 11.6. The summed E-state index contributed by atoms with van der Waals surface area (Å²) in [6.07, 6.45) is 8.81. The minimum absolute atomic E-state index is 0.158. The Morgan fingerprint density at radius 3 is 2.75 bits per heavy atom. The van der Waals surface area contributed by atoms with Gasteiger partial charge in [-0.25, -0.2) is 0 Å². The van der Waals surface area contributed by atoms with Gasteiger partial charge in [-0.05, 0) is 38.0 Å². The lowest BCUT2D eigenvalue weighted by atomic mass is 9.91. The van der Waals surface area contributed by atoms with Crippen LogP contribution in [0.3, 0.4) is 0 Å². The number of aliphatic hydroxyl groups excluding tert-OH is 1. The molecule has 0 aromatic rings. The van der Waals surface area contributed by atoms with Gasteiger partial charge < -0.3 is 10.8 Å². The van der Waals surface area contributed by atoms with Gasteiger partial charge in [0.1, 0.15) is 0 Å². The first-order valence-electron chi connectivity index (χ1n) is 6.66. The molecule has 2 fully saturated rings. The second kappa shape index (κ2) is 5.28. The van der Waals surface area contributed by atoms with Gasteiger partial charge in [0, 0.05) is 16.0 Å². The molecule has 3 N–H and O–H groups in total. The maximum Gasteiger partial charge on any atom is 0.0611 e. The highest BCUT2D eigenvalue weighted by Crippen LogP contribution is 2.41. The van der Waals surface area contributed by atoms with E-state index >= 15 is 0 Å². The van der Waals surface area contributed by atoms with Crippen molar-refractivity contribution in [1.29, 1.82) is 0 Å². The van der Waals surface area contributed by atoms with Gasteiger partial charge >= 0.3 is 0 Å². The third-order valence-corrected chi connectivity index (χ3v) is 5.79. The third-order valence-electron chi connectivity index (χ3n) is 4.19. The van der Waals surface area contributed by atoms with Crippen molar-refractivity contribution in [3.05, 3.63) is 0 Å². The molecule has 0 aromatic heterocycles. The van der Waals surface area contributed by atoms with Crippen LogP contribution in [0.2, 0.25) is 0 Å². The number of nitrogens with two attached hydrogens (primary N) is 1. The lowest BCUT2D eigenvalue weighted by Crippen LogP contribution is -2.41. The summed E-state index contributed by atoms with van der Waals surface area (Å²) in [6.45, 7) is 2.54. The number of thioether (sulfide) groups is 1. The second-order valence-corrected chi connectivity index (χ2v) is 7.52. The van der Waals surface area contributed by atoms with Crippen LogP contribution in [-0.2, 0) is 0 Å². The SMILES string of the molecule is CC1CCCC(SC2CCC(N)(CO)C2)C1. The molecule has 94 valence electrons. The van der Waals surface area contributed by atoms with E-state index in [0.29, 0.717) is 5.25 Å². The maximum atomic E-state index is 9.26.